The van der Waals surface area contributed by atoms with Crippen LogP contribution in [-0.2, 0) is 120 Å². The van der Waals surface area contributed by atoms with Crippen molar-refractivity contribution in [3.05, 3.63) is 90.1 Å². The monoisotopic (exact) mass is 2110 g/mol. The van der Waals surface area contributed by atoms with Gasteiger partial charge in [0.15, 0.2) is 11.9 Å². The molecule has 19 amide bonds. The number of carbonyl (C=O) groups is 21. The number of carbonyl (C=O) groups excluding carboxylic acids is 19. The third kappa shape index (κ3) is 47.1. The molecule has 0 bridgehead atoms. The number of fused-ring (bicyclic) bond motifs is 1. The van der Waals surface area contributed by atoms with E-state index in [0.717, 1.165) is 11.8 Å². The van der Waals surface area contributed by atoms with Crippen molar-refractivity contribution < 1.29 is 116 Å². The van der Waals surface area contributed by atoms with E-state index in [0.29, 0.717) is 40.6 Å². The molecule has 0 saturated carbocycles. The van der Waals surface area contributed by atoms with Crippen LogP contribution in [0.5, 0.6) is 0 Å². The van der Waals surface area contributed by atoms with Crippen LogP contribution in [-0.4, -0.2) is 307 Å². The van der Waals surface area contributed by atoms with Gasteiger partial charge in [-0.3, -0.25) is 112 Å². The molecule has 17 atom stereocenters. The smallest absolute Gasteiger partial charge is 0.303 e. The molecule has 0 radical (unpaired) electrons. The molecule has 4 aromatic rings. The summed E-state index contributed by atoms with van der Waals surface area (Å²) in [6.07, 6.45) is 0.890. The molecule has 53 nitrogen and oxygen atoms in total. The van der Waals surface area contributed by atoms with E-state index in [1.807, 2.05) is 13.8 Å². The summed E-state index contributed by atoms with van der Waals surface area (Å²) in [5, 5.41) is 94.9. The minimum absolute atomic E-state index is 0.0417. The summed E-state index contributed by atoms with van der Waals surface area (Å²) in [7, 11) is 0. The van der Waals surface area contributed by atoms with Gasteiger partial charge in [-0.25, -0.2) is 4.98 Å². The summed E-state index contributed by atoms with van der Waals surface area (Å²) in [5.74, 6) is -24.5. The van der Waals surface area contributed by atoms with E-state index in [9.17, 15) is 116 Å². The first-order valence-corrected chi connectivity index (χ1v) is 50.2. The number of H-pyrrole nitrogens is 2. The summed E-state index contributed by atoms with van der Waals surface area (Å²) in [6, 6.07) is -9.81. The standard InChI is InChI=1S/C95H149N29O24S/c1-12-51(8)77(124-90(145)69(40-57-42-103-47-108-57)120-82(137)60(26-18-19-33-96)114-88(143)65(36-48(2)3)111-54(11)126)93(148)123-76(50(6)7)92(147)121-68(39-56-41-106-59-25-17-16-24-58(56)59)87(142)110-53(10)80(135)122-70(44-125)91(146)115-61(27-20-34-104-94(99)100)81(136)116-64(30-32-75(131)132)85(140)118-66(37-49(4)5)89(144)117-63(29-31-74(129)130)84(139)113-62(28-21-35-105-95(101)102)83(138)119-67(38-55-22-14-13-15-23-55)86(141)109-52(9)79(134)107-43-73(128)112-71(78(98)133)45-149-46-72(97)127/h13-17,22-25,41-42,47-53,60-71,76-77,106,125H,12,18-21,26-40,43-46,96H2,1-11H3,(H2,97,127)(H2,98,133)(H,103,108)(H,107,134)(H,109,141)(H,110,142)(H,111,126)(H,112,128)(H,113,139)(H,114,143)(H,115,146)(H,116,136)(H,117,144)(H,118,140)(H,119,138)(H,120,137)(H,121,147)(H,122,135)(H,123,148)(H,124,145)(H,129,130)(H,131,132)(H4,99,100,104)(H4,101,102,105)/t51-,52-,53-,60-,61-,62-,63-,64-,65-,66-,67-,68-,69-,70-,71-,76-,77-/m0/s1. The number of amides is 19. The van der Waals surface area contributed by atoms with Crippen LogP contribution >= 0.6 is 11.8 Å². The third-order valence-electron chi connectivity index (χ3n) is 23.4. The Bertz CT molecular complexity index is 5200. The SMILES string of the molecule is CC[C@H](C)[C@H](NC(=O)[C@H](Cc1cnc[nH]1)NC(=O)[C@H](CCCCN)NC(=O)[C@H](CC(C)C)NC(C)=O)C(=O)N[C@H](C(=O)N[C@@H](Cc1c[nH]c2ccccc12)C(=O)N[C@@H](C)C(=O)N[C@@H](CO)C(=O)N[C@@H](CCCNC(=N)N)C(=O)N[C@@H](CCC(=O)O)C(=O)N[C@@H](CC(C)C)C(=O)N[C@@H](CCC(=O)O)C(=O)N[C@@H](CCCNC(=N)N)C(=O)N[C@@H](Cc1ccccc1)C(=O)N[C@@H](C)C(=O)NCC(=O)N[C@@H](CSCC(N)=O)C(N)=O)C(C)C. The van der Waals surface area contributed by atoms with Gasteiger partial charge in [-0.2, -0.15) is 0 Å². The number of hydrogen-bond donors (Lipinski definition) is 31. The molecule has 0 saturated heterocycles. The summed E-state index contributed by atoms with van der Waals surface area (Å²) in [4.78, 5) is 301. The number of benzene rings is 2. The number of unbranched alkanes of at least 4 members (excludes halogenated alkanes) is 1. The molecule has 0 spiro atoms. The number of nitrogens with one attached hydrogen (secondary N) is 23. The second kappa shape index (κ2) is 65.5. The van der Waals surface area contributed by atoms with E-state index < -0.39 is 289 Å². The number of para-hydroxylation sites is 1. The lowest BCUT2D eigenvalue weighted by Gasteiger charge is -2.30. The Morgan fingerprint density at radius 2 is 0.839 bits per heavy atom. The van der Waals surface area contributed by atoms with Crippen molar-refractivity contribution in [1.82, 2.24) is 116 Å². The molecular weight excluding hydrogens is 1960 g/mol. The van der Waals surface area contributed by atoms with Crippen LogP contribution in [0.4, 0.5) is 0 Å². The average Bonchev–Trinajstić information content (AvgIpc) is 1.66. The molecule has 0 unspecified atom stereocenters. The van der Waals surface area contributed by atoms with Gasteiger partial charge in [-0.1, -0.05) is 110 Å². The highest BCUT2D eigenvalue weighted by molar-refractivity contribution is 8.00. The zero-order valence-electron chi connectivity index (χ0n) is 85.6. The number of primary amides is 2. The molecule has 824 valence electrons. The van der Waals surface area contributed by atoms with Crippen LogP contribution in [0, 0.1) is 34.5 Å². The highest BCUT2D eigenvalue weighted by Crippen LogP contribution is 2.22. The van der Waals surface area contributed by atoms with Crippen LogP contribution in [0.2, 0.25) is 0 Å². The second-order valence-corrected chi connectivity index (χ2v) is 38.3. The molecule has 0 aliphatic carbocycles. The average molecular weight is 2110 g/mol. The van der Waals surface area contributed by atoms with Crippen molar-refractivity contribution in [1.29, 1.82) is 10.8 Å². The Balaban J connectivity index is 1.63. The second-order valence-electron chi connectivity index (χ2n) is 37.2. The Kier molecular flexibility index (Phi) is 55.4. The van der Waals surface area contributed by atoms with Gasteiger partial charge >= 0.3 is 11.9 Å². The van der Waals surface area contributed by atoms with Crippen molar-refractivity contribution >= 4 is 159 Å². The van der Waals surface area contributed by atoms with Gasteiger partial charge < -0.3 is 155 Å². The number of nitrogens with zero attached hydrogens (tertiary/aromatic N) is 1. The zero-order valence-corrected chi connectivity index (χ0v) is 86.4. The summed E-state index contributed by atoms with van der Waals surface area (Å²) in [6.45, 7) is 15.3. The van der Waals surface area contributed by atoms with E-state index >= 15 is 0 Å². The molecule has 2 aromatic heterocycles. The number of aliphatic hydroxyl groups excluding tert-OH is 1. The molecule has 54 heteroatoms. The van der Waals surface area contributed by atoms with E-state index in [1.54, 1.807) is 102 Å². The van der Waals surface area contributed by atoms with Gasteiger partial charge in [0.2, 0.25) is 112 Å². The van der Waals surface area contributed by atoms with Crippen LogP contribution in [0.15, 0.2) is 73.3 Å². The van der Waals surface area contributed by atoms with Crippen LogP contribution < -0.4 is 130 Å². The highest BCUT2D eigenvalue weighted by atomic mass is 32.2. The third-order valence-corrected chi connectivity index (χ3v) is 24.4. The lowest BCUT2D eigenvalue weighted by atomic mass is 9.95. The van der Waals surface area contributed by atoms with E-state index in [2.05, 4.69) is 116 Å². The molecule has 149 heavy (non-hydrogen) atoms. The first-order chi connectivity index (χ1) is 70.3. The number of guanidine groups is 2. The maximum atomic E-state index is 14.9. The minimum Gasteiger partial charge on any atom is -0.481 e. The number of carboxylic acid groups (broad SMARTS) is 2. The lowest BCUT2D eigenvalue weighted by molar-refractivity contribution is -0.139. The van der Waals surface area contributed by atoms with Gasteiger partial charge in [0.25, 0.3) is 0 Å². The maximum absolute atomic E-state index is 14.9. The number of hydrogen-bond acceptors (Lipinski definition) is 27. The molecular formula is C95H149N29O24S. The molecule has 36 N–H and O–H groups in total. The molecule has 4 rings (SSSR count). The van der Waals surface area contributed by atoms with Gasteiger partial charge in [-0.05, 0) is 132 Å². The van der Waals surface area contributed by atoms with Gasteiger partial charge in [-0.15, -0.1) is 11.8 Å². The Morgan fingerprint density at radius 1 is 0.423 bits per heavy atom. The highest BCUT2D eigenvalue weighted by Gasteiger charge is 2.41. The summed E-state index contributed by atoms with van der Waals surface area (Å²) in [5.41, 5.74) is 29.4. The number of imidazole rings is 1. The topological polar surface area (TPSA) is 870 Å². The fourth-order valence-electron chi connectivity index (χ4n) is 15.2. The van der Waals surface area contributed by atoms with Crippen LogP contribution in [0.3, 0.4) is 0 Å². The molecule has 0 aliphatic rings. The quantitative estimate of drug-likeness (QED) is 0.0111. The van der Waals surface area contributed by atoms with E-state index in [4.69, 9.17) is 39.5 Å². The minimum atomic E-state index is -1.96. The number of aromatic nitrogens is 3. The number of aliphatic carboxylic acids is 2. The molecule has 2 aromatic carbocycles. The van der Waals surface area contributed by atoms with E-state index in [1.165, 1.54) is 33.3 Å². The number of aromatic amines is 2. The zero-order chi connectivity index (χ0) is 111. The van der Waals surface area contributed by atoms with Crippen molar-refractivity contribution in [3.63, 3.8) is 0 Å². The van der Waals surface area contributed by atoms with E-state index in [-0.39, 0.29) is 108 Å². The fourth-order valence-corrected chi connectivity index (χ4v) is 16.0. The van der Waals surface area contributed by atoms with Crippen molar-refractivity contribution in [2.75, 3.05) is 44.3 Å². The van der Waals surface area contributed by atoms with Crippen LogP contribution in [0.25, 0.3) is 10.9 Å². The summed E-state index contributed by atoms with van der Waals surface area (Å²) >= 11 is 0.911. The first kappa shape index (κ1) is 126. The maximum Gasteiger partial charge on any atom is 0.303 e. The molecule has 2 heterocycles. The molecule has 0 fully saturated rings. The first-order valence-electron chi connectivity index (χ1n) is 49.1. The summed E-state index contributed by atoms with van der Waals surface area (Å²) < 4.78 is 0. The van der Waals surface area contributed by atoms with Gasteiger partial charge in [0.1, 0.15) is 96.7 Å². The number of carboxylic acids is 2. The van der Waals surface area contributed by atoms with Gasteiger partial charge in [0, 0.05) is 86.9 Å². The van der Waals surface area contributed by atoms with Crippen molar-refractivity contribution in [2.24, 2.45) is 52.3 Å². The Hall–Kier alpha value is -15.1. The van der Waals surface area contributed by atoms with Crippen molar-refractivity contribution in [3.8, 4) is 0 Å². The Morgan fingerprint density at radius 3 is 1.30 bits per heavy atom. The largest absolute Gasteiger partial charge is 0.481 e. The number of nitrogens with two attached hydrogens (primary N) is 5. The lowest BCUT2D eigenvalue weighted by Crippen LogP contribution is -2.62. The number of thioether (sulfide) groups is 1. The fraction of sp³-hybridized carbons (Fsp3) is 0.579. The Labute approximate surface area is 866 Å². The van der Waals surface area contributed by atoms with Gasteiger partial charge in [0.05, 0.1) is 25.2 Å². The number of rotatable bonds is 70. The normalized spacial score (nSPS) is 14.6. The predicted octanol–water partition coefficient (Wildman–Crippen LogP) is -6.27. The molecule has 0 aliphatic heterocycles. The predicted molar refractivity (Wildman–Crippen MR) is 546 cm³/mol. The van der Waals surface area contributed by atoms with Crippen LogP contribution in [0.1, 0.15) is 183 Å². The van der Waals surface area contributed by atoms with Crippen molar-refractivity contribution in [2.45, 2.75) is 282 Å². The number of aliphatic hydroxyl groups is 1.